The molecule has 1 saturated heterocycles. The van der Waals surface area contributed by atoms with Crippen LogP contribution >= 0.6 is 23.1 Å². The Bertz CT molecular complexity index is 1940. The van der Waals surface area contributed by atoms with E-state index in [1.165, 1.54) is 7.11 Å². The average molecular weight is 739 g/mol. The SMILES string of the molecule is COC(=O)C(Cc1ccccc1)NC(=O)NCc1cccc(-c2cccc(C3OC(CSc4nnc(C)s4)C(C)C(c4ccc(CO)cc4)O3)c2)c1. The molecular formula is C40H42N4O6S2. The van der Waals surface area contributed by atoms with Crippen LogP contribution in [0.2, 0.25) is 0 Å². The largest absolute Gasteiger partial charge is 0.467 e. The number of benzene rings is 4. The van der Waals surface area contributed by atoms with Crippen LogP contribution in [0.25, 0.3) is 11.1 Å². The van der Waals surface area contributed by atoms with E-state index in [2.05, 4.69) is 33.8 Å². The van der Waals surface area contributed by atoms with Gasteiger partial charge in [0, 0.05) is 30.2 Å². The fourth-order valence-electron chi connectivity index (χ4n) is 6.10. The second-order valence-corrected chi connectivity index (χ2v) is 15.1. The highest BCUT2D eigenvalue weighted by Crippen LogP contribution is 2.43. The maximum absolute atomic E-state index is 12.9. The Labute approximate surface area is 311 Å². The Hall–Kier alpha value is -4.59. The number of aromatic nitrogens is 2. The van der Waals surface area contributed by atoms with Gasteiger partial charge in [0.25, 0.3) is 0 Å². The van der Waals surface area contributed by atoms with Gasteiger partial charge in [-0.15, -0.1) is 10.2 Å². The van der Waals surface area contributed by atoms with Gasteiger partial charge in [0.05, 0.1) is 25.9 Å². The fraction of sp³-hybridized carbons (Fsp3) is 0.300. The molecule has 52 heavy (non-hydrogen) atoms. The highest BCUT2D eigenvalue weighted by molar-refractivity contribution is 8.01. The van der Waals surface area contributed by atoms with Gasteiger partial charge >= 0.3 is 12.0 Å². The van der Waals surface area contributed by atoms with Gasteiger partial charge in [-0.2, -0.15) is 0 Å². The third-order valence-corrected chi connectivity index (χ3v) is 11.0. The number of thioether (sulfide) groups is 1. The number of ether oxygens (including phenoxy) is 3. The number of amides is 2. The van der Waals surface area contributed by atoms with E-state index in [0.717, 1.165) is 48.3 Å². The molecule has 2 heterocycles. The van der Waals surface area contributed by atoms with Crippen molar-refractivity contribution in [1.29, 1.82) is 0 Å². The number of urea groups is 1. The van der Waals surface area contributed by atoms with Gasteiger partial charge in [-0.1, -0.05) is 121 Å². The molecule has 1 aromatic heterocycles. The number of carbonyl (C=O) groups excluding carboxylic acids is 2. The molecule has 5 unspecified atom stereocenters. The lowest BCUT2D eigenvalue weighted by Gasteiger charge is -2.41. The van der Waals surface area contributed by atoms with Crippen molar-refractivity contribution in [1.82, 2.24) is 20.8 Å². The zero-order valence-electron chi connectivity index (χ0n) is 29.2. The van der Waals surface area contributed by atoms with Gasteiger partial charge in [-0.05, 0) is 52.4 Å². The van der Waals surface area contributed by atoms with E-state index in [9.17, 15) is 14.7 Å². The molecular weight excluding hydrogens is 697 g/mol. The molecule has 1 fully saturated rings. The Kier molecular flexibility index (Phi) is 12.7. The molecule has 0 radical (unpaired) electrons. The summed E-state index contributed by atoms with van der Waals surface area (Å²) in [5.41, 5.74) is 6.51. The van der Waals surface area contributed by atoms with Crippen LogP contribution < -0.4 is 10.6 Å². The molecule has 12 heteroatoms. The first-order chi connectivity index (χ1) is 25.3. The molecule has 5 atom stereocenters. The quantitative estimate of drug-likeness (QED) is 0.0850. The molecule has 10 nitrogen and oxygen atoms in total. The second-order valence-electron chi connectivity index (χ2n) is 12.6. The number of rotatable bonds is 13. The zero-order valence-corrected chi connectivity index (χ0v) is 30.9. The Morgan fingerprint density at radius 1 is 0.885 bits per heavy atom. The lowest BCUT2D eigenvalue weighted by Crippen LogP contribution is -2.47. The van der Waals surface area contributed by atoms with Gasteiger partial charge in [0.1, 0.15) is 11.0 Å². The third-order valence-electron chi connectivity index (χ3n) is 8.95. The third kappa shape index (κ3) is 9.64. The van der Waals surface area contributed by atoms with E-state index in [-0.39, 0.29) is 31.3 Å². The van der Waals surface area contributed by atoms with Crippen LogP contribution in [-0.2, 0) is 38.6 Å². The molecule has 0 saturated carbocycles. The molecule has 1 aliphatic heterocycles. The summed E-state index contributed by atoms with van der Waals surface area (Å²) in [7, 11) is 1.31. The van der Waals surface area contributed by atoms with Crippen LogP contribution in [0, 0.1) is 12.8 Å². The summed E-state index contributed by atoms with van der Waals surface area (Å²) in [6, 6.07) is 32.1. The first kappa shape index (κ1) is 37.2. The molecule has 5 aromatic rings. The first-order valence-corrected chi connectivity index (χ1v) is 18.9. The minimum atomic E-state index is -0.819. The topological polar surface area (TPSA) is 132 Å². The lowest BCUT2D eigenvalue weighted by molar-refractivity contribution is -0.268. The van der Waals surface area contributed by atoms with Crippen molar-refractivity contribution in [3.05, 3.63) is 136 Å². The molecule has 4 aromatic carbocycles. The number of hydrogen-bond acceptors (Lipinski definition) is 10. The molecule has 0 spiro atoms. The van der Waals surface area contributed by atoms with Gasteiger partial charge in [0.15, 0.2) is 10.6 Å². The van der Waals surface area contributed by atoms with Crippen molar-refractivity contribution in [2.45, 2.75) is 62.3 Å². The van der Waals surface area contributed by atoms with Crippen LogP contribution in [0.1, 0.15) is 52.1 Å². The molecule has 270 valence electrons. The van der Waals surface area contributed by atoms with Crippen molar-refractivity contribution >= 4 is 35.1 Å². The van der Waals surface area contributed by atoms with Crippen molar-refractivity contribution in [3.63, 3.8) is 0 Å². The normalized spacial score (nSPS) is 19.1. The Balaban J connectivity index is 1.15. The molecule has 0 aliphatic carbocycles. The van der Waals surface area contributed by atoms with Crippen molar-refractivity contribution in [2.24, 2.45) is 5.92 Å². The second kappa shape index (κ2) is 17.8. The summed E-state index contributed by atoms with van der Waals surface area (Å²) < 4.78 is 19.2. The molecule has 1 aliphatic rings. The number of aryl methyl sites for hydroxylation is 1. The summed E-state index contributed by atoms with van der Waals surface area (Å²) in [5, 5.41) is 24.6. The number of hydrogen-bond donors (Lipinski definition) is 3. The molecule has 6 rings (SSSR count). The van der Waals surface area contributed by atoms with Gasteiger partial charge < -0.3 is 30.0 Å². The van der Waals surface area contributed by atoms with Crippen LogP contribution in [0.15, 0.2) is 107 Å². The zero-order chi connectivity index (χ0) is 36.5. The summed E-state index contributed by atoms with van der Waals surface area (Å²) in [6.07, 6.45) is -0.665. The number of carbonyl (C=O) groups is 2. The minimum Gasteiger partial charge on any atom is -0.467 e. The predicted octanol–water partition coefficient (Wildman–Crippen LogP) is 7.17. The number of aliphatic hydroxyl groups is 1. The molecule has 3 N–H and O–H groups in total. The van der Waals surface area contributed by atoms with Gasteiger partial charge in [-0.25, -0.2) is 9.59 Å². The average Bonchev–Trinajstić information content (AvgIpc) is 3.61. The number of nitrogens with one attached hydrogen (secondary N) is 2. The minimum absolute atomic E-state index is 0.0184. The maximum atomic E-state index is 12.9. The van der Waals surface area contributed by atoms with Crippen LogP contribution in [0.4, 0.5) is 4.79 Å². The van der Waals surface area contributed by atoms with Crippen LogP contribution in [-0.4, -0.2) is 52.3 Å². The lowest BCUT2D eigenvalue weighted by atomic mass is 9.91. The van der Waals surface area contributed by atoms with E-state index in [1.807, 2.05) is 104 Å². The van der Waals surface area contributed by atoms with Crippen molar-refractivity contribution < 1.29 is 28.9 Å². The van der Waals surface area contributed by atoms with Gasteiger partial charge in [0.2, 0.25) is 0 Å². The maximum Gasteiger partial charge on any atom is 0.328 e. The summed E-state index contributed by atoms with van der Waals surface area (Å²) in [4.78, 5) is 25.3. The number of aliphatic hydroxyl groups excluding tert-OH is 1. The van der Waals surface area contributed by atoms with Crippen LogP contribution in [0.5, 0.6) is 0 Å². The van der Waals surface area contributed by atoms with E-state index in [0.29, 0.717) is 12.2 Å². The highest BCUT2D eigenvalue weighted by atomic mass is 32.2. The first-order valence-electron chi connectivity index (χ1n) is 17.1. The standard InChI is InChI=1S/C40H42N4O6S2/c1-25-35(24-51-40-44-43-26(2)52-40)49-38(50-36(25)30-17-15-28(23-45)16-18-30)33-14-8-13-32(21-33)31-12-7-11-29(19-31)22-41-39(47)42-34(37(46)48-3)20-27-9-5-4-6-10-27/h4-19,21,25,34-36,38,45H,20,22-24H2,1-3H3,(H2,41,42,47). The van der Waals surface area contributed by atoms with E-state index < -0.39 is 24.3 Å². The monoisotopic (exact) mass is 738 g/mol. The van der Waals surface area contributed by atoms with E-state index in [1.54, 1.807) is 23.1 Å². The summed E-state index contributed by atoms with van der Waals surface area (Å²) in [6.45, 7) is 4.33. The highest BCUT2D eigenvalue weighted by Gasteiger charge is 2.38. The number of methoxy groups -OCH3 is 1. The Morgan fingerprint density at radius 2 is 1.62 bits per heavy atom. The molecule has 2 amide bonds. The Morgan fingerprint density at radius 3 is 2.33 bits per heavy atom. The summed E-state index contributed by atoms with van der Waals surface area (Å²) in [5.74, 6) is 0.225. The predicted molar refractivity (Wildman–Crippen MR) is 202 cm³/mol. The van der Waals surface area contributed by atoms with Crippen molar-refractivity contribution in [2.75, 3.05) is 12.9 Å². The van der Waals surface area contributed by atoms with Gasteiger partial charge in [-0.3, -0.25) is 0 Å². The van der Waals surface area contributed by atoms with E-state index >= 15 is 0 Å². The number of esters is 1. The molecule has 0 bridgehead atoms. The summed E-state index contributed by atoms with van der Waals surface area (Å²) >= 11 is 3.21. The van der Waals surface area contributed by atoms with Crippen LogP contribution in [0.3, 0.4) is 0 Å². The number of nitrogens with zero attached hydrogens (tertiary/aromatic N) is 2. The van der Waals surface area contributed by atoms with Crippen molar-refractivity contribution in [3.8, 4) is 11.1 Å². The smallest absolute Gasteiger partial charge is 0.328 e. The van der Waals surface area contributed by atoms with E-state index in [4.69, 9.17) is 14.2 Å². The fourth-order valence-corrected chi connectivity index (χ4v) is 8.11.